The fourth-order valence-electron chi connectivity index (χ4n) is 4.64. The van der Waals surface area contributed by atoms with Crippen LogP contribution in [0.1, 0.15) is 17.5 Å². The number of urea groups is 1. The predicted molar refractivity (Wildman–Crippen MR) is 126 cm³/mol. The van der Waals surface area contributed by atoms with Crippen molar-refractivity contribution in [3.05, 3.63) is 64.6 Å². The molecule has 1 fully saturated rings. The van der Waals surface area contributed by atoms with Gasteiger partial charge < -0.3 is 14.7 Å². The second kappa shape index (κ2) is 9.14. The third-order valence-corrected chi connectivity index (χ3v) is 7.83. The highest BCUT2D eigenvalue weighted by Crippen LogP contribution is 2.50. The molecule has 0 aliphatic carbocycles. The van der Waals surface area contributed by atoms with Crippen LogP contribution in [-0.2, 0) is 11.2 Å². The highest BCUT2D eigenvalue weighted by Gasteiger charge is 2.43. The minimum atomic E-state index is -4.41. The Hall–Kier alpha value is -3.14. The number of hydrogen-bond acceptors (Lipinski definition) is 4. The van der Waals surface area contributed by atoms with Crippen LogP contribution < -0.4 is 9.64 Å². The number of benzene rings is 2. The van der Waals surface area contributed by atoms with Gasteiger partial charge in [0.15, 0.2) is 0 Å². The Morgan fingerprint density at radius 2 is 1.86 bits per heavy atom. The zero-order valence-electron chi connectivity index (χ0n) is 18.6. The number of anilines is 1. The summed E-state index contributed by atoms with van der Waals surface area (Å²) >= 11 is 0.813. The quantitative estimate of drug-likeness (QED) is 0.618. The first-order chi connectivity index (χ1) is 16.7. The van der Waals surface area contributed by atoms with Crippen molar-refractivity contribution in [3.63, 3.8) is 0 Å². The van der Waals surface area contributed by atoms with E-state index in [4.69, 9.17) is 9.84 Å². The van der Waals surface area contributed by atoms with E-state index in [2.05, 4.69) is 0 Å². The monoisotopic (exact) mass is 504 g/mol. The SMILES string of the molecule is O=C(O)C1CN(C(=O)N2CCc3cc(OCC4CC(c5ccccc5)=C(C(F)(F)F)S4)ccc32)C1. The fourth-order valence-corrected chi connectivity index (χ4v) is 5.83. The molecule has 184 valence electrons. The molecule has 0 saturated carbocycles. The zero-order valence-corrected chi connectivity index (χ0v) is 19.4. The van der Waals surface area contributed by atoms with Gasteiger partial charge >= 0.3 is 18.2 Å². The standard InChI is InChI=1S/C25H23F3N2O4S/c26-25(27,28)22-20(15-4-2-1-3-5-15)11-19(35-22)14-34-18-6-7-21-16(10-18)8-9-30(21)24(33)29-12-17(13-29)23(31)32/h1-7,10,17,19H,8-9,11-14H2,(H,31,32). The number of nitrogens with zero attached hydrogens (tertiary/aromatic N) is 2. The van der Waals surface area contributed by atoms with Crippen molar-refractivity contribution in [1.29, 1.82) is 0 Å². The van der Waals surface area contributed by atoms with Crippen LogP contribution in [0.25, 0.3) is 5.57 Å². The van der Waals surface area contributed by atoms with Gasteiger partial charge in [0.2, 0.25) is 0 Å². The summed E-state index contributed by atoms with van der Waals surface area (Å²) in [6.45, 7) is 1.04. The summed E-state index contributed by atoms with van der Waals surface area (Å²) in [6, 6.07) is 13.7. The summed E-state index contributed by atoms with van der Waals surface area (Å²) in [5, 5.41) is 8.66. The molecule has 1 N–H and O–H groups in total. The number of allylic oxidation sites excluding steroid dienone is 2. The number of carbonyl (C=O) groups excluding carboxylic acids is 1. The van der Waals surface area contributed by atoms with Gasteiger partial charge in [-0.25, -0.2) is 4.79 Å². The number of ether oxygens (including phenoxy) is 1. The number of halogens is 3. The number of rotatable bonds is 5. The zero-order chi connectivity index (χ0) is 24.7. The van der Waals surface area contributed by atoms with Gasteiger partial charge in [-0.3, -0.25) is 9.69 Å². The summed E-state index contributed by atoms with van der Waals surface area (Å²) in [5.74, 6) is -0.859. The van der Waals surface area contributed by atoms with E-state index < -0.39 is 23.0 Å². The van der Waals surface area contributed by atoms with Gasteiger partial charge in [-0.2, -0.15) is 13.2 Å². The maximum absolute atomic E-state index is 13.6. The molecule has 35 heavy (non-hydrogen) atoms. The third kappa shape index (κ3) is 4.71. The smallest absolute Gasteiger partial charge is 0.422 e. The summed E-state index contributed by atoms with van der Waals surface area (Å²) in [5.41, 5.74) is 2.55. The minimum absolute atomic E-state index is 0.131. The summed E-state index contributed by atoms with van der Waals surface area (Å²) < 4.78 is 46.8. The molecule has 1 unspecified atom stereocenters. The molecule has 0 spiro atoms. The molecule has 3 aliphatic rings. The molecule has 0 radical (unpaired) electrons. The molecule has 10 heteroatoms. The van der Waals surface area contributed by atoms with Gasteiger partial charge in [0.25, 0.3) is 0 Å². The van der Waals surface area contributed by atoms with Crippen molar-refractivity contribution in [1.82, 2.24) is 4.90 Å². The van der Waals surface area contributed by atoms with Crippen molar-refractivity contribution < 1.29 is 32.6 Å². The Bertz CT molecular complexity index is 1180. The lowest BCUT2D eigenvalue weighted by Crippen LogP contribution is -2.57. The van der Waals surface area contributed by atoms with Crippen LogP contribution in [0.2, 0.25) is 0 Å². The van der Waals surface area contributed by atoms with Crippen molar-refractivity contribution in [3.8, 4) is 5.75 Å². The van der Waals surface area contributed by atoms with Gasteiger partial charge in [-0.05, 0) is 47.7 Å². The van der Waals surface area contributed by atoms with E-state index in [-0.39, 0.29) is 37.4 Å². The number of carboxylic acids is 1. The average Bonchev–Trinajstić information content (AvgIpc) is 3.41. The molecule has 1 atom stereocenters. The summed E-state index contributed by atoms with van der Waals surface area (Å²) in [6.07, 6.45) is -3.51. The lowest BCUT2D eigenvalue weighted by Gasteiger charge is -2.39. The highest BCUT2D eigenvalue weighted by molar-refractivity contribution is 8.04. The number of carbonyl (C=O) groups is 2. The van der Waals surface area contributed by atoms with E-state index in [1.54, 1.807) is 47.4 Å². The minimum Gasteiger partial charge on any atom is -0.492 e. The molecule has 0 bridgehead atoms. The molecule has 0 aromatic heterocycles. The van der Waals surface area contributed by atoms with Gasteiger partial charge in [0, 0.05) is 30.6 Å². The number of alkyl halides is 3. The number of amides is 2. The van der Waals surface area contributed by atoms with Crippen LogP contribution in [0.5, 0.6) is 5.75 Å². The molecule has 3 heterocycles. The first-order valence-electron chi connectivity index (χ1n) is 11.3. The van der Waals surface area contributed by atoms with E-state index >= 15 is 0 Å². The predicted octanol–water partition coefficient (Wildman–Crippen LogP) is 5.04. The largest absolute Gasteiger partial charge is 0.492 e. The maximum atomic E-state index is 13.6. The lowest BCUT2D eigenvalue weighted by atomic mass is 10.0. The van der Waals surface area contributed by atoms with Crippen LogP contribution >= 0.6 is 11.8 Å². The van der Waals surface area contributed by atoms with Crippen molar-refractivity contribution in [2.75, 3.05) is 31.1 Å². The number of likely N-dealkylation sites (tertiary alicyclic amines) is 1. The number of aliphatic carboxylic acids is 1. The number of fused-ring (bicyclic) bond motifs is 1. The Balaban J connectivity index is 1.21. The normalized spacial score (nSPS) is 20.1. The molecule has 2 aromatic carbocycles. The van der Waals surface area contributed by atoms with E-state index in [1.165, 1.54) is 4.90 Å². The Morgan fingerprint density at radius 1 is 1.11 bits per heavy atom. The van der Waals surface area contributed by atoms with Crippen molar-refractivity contribution in [2.24, 2.45) is 5.92 Å². The van der Waals surface area contributed by atoms with Crippen LogP contribution in [0.15, 0.2) is 53.4 Å². The van der Waals surface area contributed by atoms with Crippen LogP contribution in [0.4, 0.5) is 23.7 Å². The summed E-state index contributed by atoms with van der Waals surface area (Å²) in [7, 11) is 0. The fraction of sp³-hybridized carbons (Fsp3) is 0.360. The Kier molecular flexibility index (Phi) is 6.16. The van der Waals surface area contributed by atoms with Crippen LogP contribution in [0, 0.1) is 5.92 Å². The molecule has 1 saturated heterocycles. The molecular weight excluding hydrogens is 481 g/mol. The van der Waals surface area contributed by atoms with Gasteiger partial charge in [-0.15, -0.1) is 11.8 Å². The second-order valence-corrected chi connectivity index (χ2v) is 10.2. The highest BCUT2D eigenvalue weighted by atomic mass is 32.2. The maximum Gasteiger partial charge on any atom is 0.422 e. The Morgan fingerprint density at radius 3 is 2.54 bits per heavy atom. The van der Waals surface area contributed by atoms with Crippen LogP contribution in [0.3, 0.4) is 0 Å². The average molecular weight is 505 g/mol. The summed E-state index contributed by atoms with van der Waals surface area (Å²) in [4.78, 5) is 26.3. The number of thioether (sulfide) groups is 1. The van der Waals surface area contributed by atoms with E-state index in [0.717, 1.165) is 23.0 Å². The lowest BCUT2D eigenvalue weighted by molar-refractivity contribution is -0.146. The van der Waals surface area contributed by atoms with Crippen LogP contribution in [-0.4, -0.2) is 59.7 Å². The van der Waals surface area contributed by atoms with Gasteiger partial charge in [-0.1, -0.05) is 30.3 Å². The van der Waals surface area contributed by atoms with Crippen molar-refractivity contribution in [2.45, 2.75) is 24.3 Å². The van der Waals surface area contributed by atoms with E-state index in [1.807, 2.05) is 6.07 Å². The molecular formula is C25H23F3N2O4S. The Labute approximate surface area is 204 Å². The molecule has 2 aromatic rings. The molecule has 6 nitrogen and oxygen atoms in total. The molecule has 5 rings (SSSR count). The number of carboxylic acid groups (broad SMARTS) is 1. The molecule has 2 amide bonds. The topological polar surface area (TPSA) is 70.1 Å². The van der Waals surface area contributed by atoms with Gasteiger partial charge in [0.05, 0.1) is 10.8 Å². The first-order valence-corrected chi connectivity index (χ1v) is 12.2. The van der Waals surface area contributed by atoms with E-state index in [0.29, 0.717) is 29.9 Å². The molecule has 3 aliphatic heterocycles. The number of hydrogen-bond donors (Lipinski definition) is 1. The second-order valence-electron chi connectivity index (χ2n) is 8.84. The van der Waals surface area contributed by atoms with Gasteiger partial charge in [0.1, 0.15) is 12.4 Å². The van der Waals surface area contributed by atoms with Crippen molar-refractivity contribution >= 4 is 35.0 Å². The first kappa shape index (κ1) is 23.6. The van der Waals surface area contributed by atoms with E-state index in [9.17, 15) is 22.8 Å². The third-order valence-electron chi connectivity index (χ3n) is 6.48.